The largest absolute Gasteiger partial charge is 0.480 e. The van der Waals surface area contributed by atoms with Crippen LogP contribution in [0.15, 0.2) is 35.5 Å². The molecule has 0 saturated heterocycles. The van der Waals surface area contributed by atoms with E-state index in [1.807, 2.05) is 24.5 Å². The van der Waals surface area contributed by atoms with Gasteiger partial charge in [0.1, 0.15) is 30.8 Å². The van der Waals surface area contributed by atoms with Gasteiger partial charge in [-0.3, -0.25) is 0 Å². The molecule has 0 aliphatic heterocycles. The summed E-state index contributed by atoms with van der Waals surface area (Å²) in [6.07, 6.45) is 1.94. The number of pyridine rings is 1. The summed E-state index contributed by atoms with van der Waals surface area (Å²) in [6, 6.07) is 8.91. The third-order valence-corrected chi connectivity index (χ3v) is 22.0. The summed E-state index contributed by atoms with van der Waals surface area (Å²) >= 11 is 1.45. The molecule has 0 bridgehead atoms. The van der Waals surface area contributed by atoms with E-state index in [2.05, 4.69) is 92.2 Å². The van der Waals surface area contributed by atoms with Crippen LogP contribution in [0.2, 0.25) is 34.8 Å². The second-order valence-corrected chi connectivity index (χ2v) is 26.9. The Morgan fingerprint density at radius 2 is 1.60 bits per heavy atom. The van der Waals surface area contributed by atoms with Gasteiger partial charge in [0, 0.05) is 24.6 Å². The molecule has 0 saturated carbocycles. The molecule has 1 N–H and O–H groups in total. The molecule has 52 heavy (non-hydrogen) atoms. The quantitative estimate of drug-likeness (QED) is 0.0337. The summed E-state index contributed by atoms with van der Waals surface area (Å²) in [5, 5.41) is 6.26. The Labute approximate surface area is 316 Å². The first kappa shape index (κ1) is 41.5. The van der Waals surface area contributed by atoms with Gasteiger partial charge >= 0.3 is 0 Å². The minimum absolute atomic E-state index is 0.0526. The van der Waals surface area contributed by atoms with E-state index >= 15 is 4.39 Å². The van der Waals surface area contributed by atoms with E-state index in [1.54, 1.807) is 20.3 Å². The molecule has 0 unspecified atom stereocenters. The lowest BCUT2D eigenvalue weighted by Gasteiger charge is -2.38. The van der Waals surface area contributed by atoms with Crippen molar-refractivity contribution in [2.75, 3.05) is 45.7 Å². The molecule has 2 aromatic heterocycles. The maximum atomic E-state index is 16.1. The molecule has 0 amide bonds. The minimum atomic E-state index is -2.19. The molecule has 0 aliphatic rings. The summed E-state index contributed by atoms with van der Waals surface area (Å²) in [4.78, 5) is 14.7. The molecule has 0 radical (unpaired) electrons. The number of aromatic nitrogens is 3. The second kappa shape index (κ2) is 16.8. The Balaban J connectivity index is 1.97. The average Bonchev–Trinajstić information content (AvgIpc) is 3.08. The SMILES string of the molecule is COCOc1cc(-c2cc3nc(SC)nc(NCCO[Si](C)(C)C(C)(C)C)c3c(OC)n2)c2c(C#C[Si](C(C)C)(C(C)C)C(C)C)c(F)ccc2c1. The van der Waals surface area contributed by atoms with Gasteiger partial charge in [0.05, 0.1) is 30.5 Å². The van der Waals surface area contributed by atoms with E-state index < -0.39 is 16.4 Å². The van der Waals surface area contributed by atoms with Gasteiger partial charge < -0.3 is 24.0 Å². The molecule has 0 atom stereocenters. The van der Waals surface area contributed by atoms with Crippen LogP contribution in [0.1, 0.15) is 67.9 Å². The topological polar surface area (TPSA) is 87.6 Å². The maximum absolute atomic E-state index is 16.1. The van der Waals surface area contributed by atoms with E-state index in [0.717, 1.165) is 5.39 Å². The van der Waals surface area contributed by atoms with E-state index in [-0.39, 0.29) is 17.6 Å². The number of halogens is 1. The summed E-state index contributed by atoms with van der Waals surface area (Å²) in [6.45, 7) is 25.9. The van der Waals surface area contributed by atoms with Crippen LogP contribution >= 0.6 is 11.8 Å². The number of benzene rings is 2. The van der Waals surface area contributed by atoms with Crippen LogP contribution in [-0.4, -0.2) is 71.8 Å². The van der Waals surface area contributed by atoms with Crippen LogP contribution in [-0.2, 0) is 9.16 Å². The lowest BCUT2D eigenvalue weighted by atomic mass is 9.96. The van der Waals surface area contributed by atoms with Crippen molar-refractivity contribution in [3.63, 3.8) is 0 Å². The Morgan fingerprint density at radius 3 is 2.17 bits per heavy atom. The number of hydrogen-bond donors (Lipinski definition) is 1. The predicted octanol–water partition coefficient (Wildman–Crippen LogP) is 10.7. The zero-order valence-corrected chi connectivity index (χ0v) is 36.3. The summed E-state index contributed by atoms with van der Waals surface area (Å²) in [5.41, 5.74) is 7.10. The van der Waals surface area contributed by atoms with Crippen LogP contribution in [0.5, 0.6) is 11.6 Å². The highest BCUT2D eigenvalue weighted by molar-refractivity contribution is 7.98. The number of thioether (sulfide) groups is 1. The Bertz CT molecular complexity index is 1930. The van der Waals surface area contributed by atoms with Gasteiger partial charge in [-0.05, 0) is 70.7 Å². The van der Waals surface area contributed by atoms with Crippen molar-refractivity contribution in [1.82, 2.24) is 15.0 Å². The Kier molecular flexibility index (Phi) is 13.5. The number of methoxy groups -OCH3 is 2. The highest BCUT2D eigenvalue weighted by Gasteiger charge is 2.42. The number of nitrogens with zero attached hydrogens (tertiary/aromatic N) is 3. The molecule has 8 nitrogen and oxygen atoms in total. The summed E-state index contributed by atoms with van der Waals surface area (Å²) in [5.74, 6) is 4.56. The van der Waals surface area contributed by atoms with Crippen molar-refractivity contribution in [3.8, 4) is 34.4 Å². The number of anilines is 1. The van der Waals surface area contributed by atoms with Gasteiger partial charge in [-0.2, -0.15) is 0 Å². The molecule has 12 heteroatoms. The normalized spacial score (nSPS) is 12.6. The van der Waals surface area contributed by atoms with Crippen LogP contribution in [0.4, 0.5) is 10.2 Å². The van der Waals surface area contributed by atoms with Gasteiger partial charge in [0.2, 0.25) is 5.88 Å². The molecule has 4 rings (SSSR count). The number of fused-ring (bicyclic) bond motifs is 2. The van der Waals surface area contributed by atoms with Crippen molar-refractivity contribution in [2.24, 2.45) is 0 Å². The highest BCUT2D eigenvalue weighted by atomic mass is 32.2. The van der Waals surface area contributed by atoms with Crippen molar-refractivity contribution in [2.45, 2.75) is 102 Å². The van der Waals surface area contributed by atoms with Crippen LogP contribution in [0.3, 0.4) is 0 Å². The van der Waals surface area contributed by atoms with Crippen molar-refractivity contribution in [3.05, 3.63) is 41.7 Å². The lowest BCUT2D eigenvalue weighted by Crippen LogP contribution is -2.43. The molecular weight excluding hydrogens is 708 g/mol. The smallest absolute Gasteiger partial charge is 0.227 e. The number of ether oxygens (including phenoxy) is 3. The first-order chi connectivity index (χ1) is 24.4. The lowest BCUT2D eigenvalue weighted by molar-refractivity contribution is 0.0512. The molecule has 0 aliphatic carbocycles. The molecule has 282 valence electrons. The van der Waals surface area contributed by atoms with Crippen molar-refractivity contribution >= 4 is 55.6 Å². The van der Waals surface area contributed by atoms with Crippen LogP contribution in [0, 0.1) is 17.3 Å². The van der Waals surface area contributed by atoms with Gasteiger partial charge in [-0.1, -0.05) is 86.1 Å². The fourth-order valence-electron chi connectivity index (χ4n) is 6.85. The van der Waals surface area contributed by atoms with Gasteiger partial charge in [0.15, 0.2) is 20.3 Å². The molecule has 2 heterocycles. The summed E-state index contributed by atoms with van der Waals surface area (Å²) in [7, 11) is -0.952. The molecule has 4 aromatic rings. The number of hydrogen-bond acceptors (Lipinski definition) is 9. The first-order valence-electron chi connectivity index (χ1n) is 18.0. The van der Waals surface area contributed by atoms with Crippen LogP contribution in [0.25, 0.3) is 32.9 Å². The highest BCUT2D eigenvalue weighted by Crippen LogP contribution is 2.43. The van der Waals surface area contributed by atoms with Crippen molar-refractivity contribution < 1.29 is 23.0 Å². The molecule has 0 fully saturated rings. The van der Waals surface area contributed by atoms with E-state index in [0.29, 0.717) is 85.5 Å². The molecular formula is C40H57FN4O4SSi2. The van der Waals surface area contributed by atoms with Gasteiger partial charge in [0.25, 0.3) is 0 Å². The fraction of sp³-hybridized carbons (Fsp3) is 0.525. The summed E-state index contributed by atoms with van der Waals surface area (Å²) < 4.78 is 39.6. The predicted molar refractivity (Wildman–Crippen MR) is 221 cm³/mol. The Hall–Kier alpha value is -3.22. The maximum Gasteiger partial charge on any atom is 0.227 e. The molecule has 2 aromatic carbocycles. The number of nitrogens with one attached hydrogen (secondary N) is 1. The fourth-order valence-corrected chi connectivity index (χ4v) is 13.5. The van der Waals surface area contributed by atoms with E-state index in [1.165, 1.54) is 17.8 Å². The third-order valence-electron chi connectivity index (χ3n) is 10.6. The van der Waals surface area contributed by atoms with Gasteiger partial charge in [-0.25, -0.2) is 19.3 Å². The second-order valence-electron chi connectivity index (χ2n) is 15.7. The Morgan fingerprint density at radius 1 is 0.923 bits per heavy atom. The van der Waals surface area contributed by atoms with Crippen molar-refractivity contribution in [1.29, 1.82) is 0 Å². The first-order valence-corrected chi connectivity index (χ1v) is 24.4. The minimum Gasteiger partial charge on any atom is -0.480 e. The van der Waals surface area contributed by atoms with E-state index in [4.69, 9.17) is 33.6 Å². The van der Waals surface area contributed by atoms with Gasteiger partial charge in [-0.15, -0.1) is 5.54 Å². The monoisotopic (exact) mass is 764 g/mol. The van der Waals surface area contributed by atoms with Crippen LogP contribution < -0.4 is 14.8 Å². The van der Waals surface area contributed by atoms with E-state index in [9.17, 15) is 0 Å². The third kappa shape index (κ3) is 8.60. The average molecular weight is 765 g/mol. The zero-order valence-electron chi connectivity index (χ0n) is 33.5. The zero-order chi connectivity index (χ0) is 38.6. The number of rotatable bonds is 14. The molecule has 0 spiro atoms. The standard InChI is InChI=1S/C40H57FN4O4SSi2/c1-25(2)52(26(3)4,27(5)6)20-17-30-32(41)16-15-28-21-29(48-24-46-10)22-31(35(28)30)33-23-34-36(38(43-33)47-11)37(45-39(44-34)50-12)42-18-19-49-51(13,14)40(7,8)9/h15-16,21-23,25-27H,18-19,24H2,1-14H3,(H,42,44,45).